The van der Waals surface area contributed by atoms with Crippen LogP contribution in [-0.2, 0) is 0 Å². The Morgan fingerprint density at radius 1 is 1.03 bits per heavy atom. The number of para-hydroxylation sites is 1. The summed E-state index contributed by atoms with van der Waals surface area (Å²) in [6.45, 7) is 1.11. The van der Waals surface area contributed by atoms with E-state index >= 15 is 0 Å². The summed E-state index contributed by atoms with van der Waals surface area (Å²) in [4.78, 5) is 15.9. The first-order chi connectivity index (χ1) is 13.4. The van der Waals surface area contributed by atoms with Crippen LogP contribution >= 0.6 is 11.6 Å². The number of nitrogens with zero attached hydrogens (tertiary/aromatic N) is 1. The zero-order valence-corrected chi connectivity index (χ0v) is 15.2. The van der Waals surface area contributed by atoms with Crippen LogP contribution in [0.2, 0.25) is 5.02 Å². The Kier molecular flexibility index (Phi) is 5.20. The quantitative estimate of drug-likeness (QED) is 0.349. The highest BCUT2D eigenvalue weighted by Crippen LogP contribution is 2.40. The largest absolute Gasteiger partial charge is 0.573 e. The monoisotopic (exact) mass is 433 g/mol. The summed E-state index contributed by atoms with van der Waals surface area (Å²) in [6.07, 6.45) is -10.3. The van der Waals surface area contributed by atoms with Gasteiger partial charge in [-0.3, -0.25) is 4.79 Å². The SMILES string of the molecule is Cc1nc2c(OC(F)(F)F)cccc2c(-c2cccc(Cl)c2)c1C(=O)C(F)(F)F. The van der Waals surface area contributed by atoms with E-state index in [9.17, 15) is 31.1 Å². The fraction of sp³-hybridized carbons (Fsp3) is 0.158. The van der Waals surface area contributed by atoms with Crippen LogP contribution in [0.25, 0.3) is 22.0 Å². The summed E-state index contributed by atoms with van der Waals surface area (Å²) in [7, 11) is 0. The van der Waals surface area contributed by atoms with Crippen molar-refractivity contribution in [3.8, 4) is 16.9 Å². The smallest absolute Gasteiger partial charge is 0.403 e. The summed E-state index contributed by atoms with van der Waals surface area (Å²) in [6, 6.07) is 9.01. The first-order valence-corrected chi connectivity index (χ1v) is 8.33. The van der Waals surface area contributed by atoms with Crippen molar-refractivity contribution in [2.24, 2.45) is 0 Å². The molecule has 3 aromatic rings. The third-order valence-electron chi connectivity index (χ3n) is 3.98. The zero-order valence-electron chi connectivity index (χ0n) is 14.5. The molecule has 10 heteroatoms. The Morgan fingerprint density at radius 3 is 2.28 bits per heavy atom. The molecule has 0 aliphatic rings. The average molecular weight is 434 g/mol. The number of hydrogen-bond acceptors (Lipinski definition) is 3. The number of benzene rings is 2. The minimum atomic E-state index is -5.21. The topological polar surface area (TPSA) is 39.2 Å². The van der Waals surface area contributed by atoms with Crippen molar-refractivity contribution in [1.29, 1.82) is 0 Å². The third kappa shape index (κ3) is 4.29. The molecule has 0 spiro atoms. The van der Waals surface area contributed by atoms with E-state index in [2.05, 4.69) is 9.72 Å². The van der Waals surface area contributed by atoms with E-state index in [-0.39, 0.29) is 27.1 Å². The van der Waals surface area contributed by atoms with Crippen molar-refractivity contribution in [3.05, 3.63) is 58.7 Å². The molecule has 0 saturated carbocycles. The highest BCUT2D eigenvalue weighted by Gasteiger charge is 2.42. The van der Waals surface area contributed by atoms with Gasteiger partial charge in [0, 0.05) is 21.7 Å². The standard InChI is InChI=1S/C19H10ClF6NO2/c1-9-14(17(28)18(21,22)23)15(10-4-2-5-11(20)8-10)12-6-3-7-13(16(12)27-9)29-19(24,25)26/h2-8H,1H3. The van der Waals surface area contributed by atoms with Crippen LogP contribution in [0.4, 0.5) is 26.3 Å². The number of halogens is 7. The Bertz CT molecular complexity index is 1110. The summed E-state index contributed by atoms with van der Waals surface area (Å²) < 4.78 is 81.8. The Balaban J connectivity index is 2.44. The molecule has 0 N–H and O–H groups in total. The van der Waals surface area contributed by atoms with E-state index in [0.717, 1.165) is 19.1 Å². The third-order valence-corrected chi connectivity index (χ3v) is 4.22. The van der Waals surface area contributed by atoms with Gasteiger partial charge in [0.05, 0.1) is 5.56 Å². The molecule has 29 heavy (non-hydrogen) atoms. The second-order valence-corrected chi connectivity index (χ2v) is 6.42. The number of carbonyl (C=O) groups is 1. The second-order valence-electron chi connectivity index (χ2n) is 5.98. The lowest BCUT2D eigenvalue weighted by molar-refractivity contribution is -0.274. The number of ether oxygens (including phenoxy) is 1. The number of aryl methyl sites for hydroxylation is 1. The molecule has 0 aliphatic heterocycles. The molecule has 0 unspecified atom stereocenters. The fourth-order valence-corrected chi connectivity index (χ4v) is 3.14. The van der Waals surface area contributed by atoms with Crippen LogP contribution in [0.1, 0.15) is 16.1 Å². The van der Waals surface area contributed by atoms with E-state index in [1.807, 2.05) is 0 Å². The molecule has 0 saturated heterocycles. The molecule has 0 aliphatic carbocycles. The Hall–Kier alpha value is -2.81. The number of hydrogen-bond donors (Lipinski definition) is 0. The number of alkyl halides is 6. The summed E-state index contributed by atoms with van der Waals surface area (Å²) in [5.41, 5.74) is -1.62. The molecule has 1 heterocycles. The van der Waals surface area contributed by atoms with Crippen LogP contribution in [0, 0.1) is 6.92 Å². The molecule has 0 radical (unpaired) electrons. The van der Waals surface area contributed by atoms with Crippen LogP contribution < -0.4 is 4.74 Å². The van der Waals surface area contributed by atoms with Gasteiger partial charge in [0.25, 0.3) is 5.78 Å². The Morgan fingerprint density at radius 2 is 1.69 bits per heavy atom. The van der Waals surface area contributed by atoms with Crippen molar-refractivity contribution < 1.29 is 35.9 Å². The number of carbonyl (C=O) groups excluding carboxylic acids is 1. The van der Waals surface area contributed by atoms with Crippen LogP contribution in [-0.4, -0.2) is 23.3 Å². The highest BCUT2D eigenvalue weighted by atomic mass is 35.5. The molecule has 0 fully saturated rings. The normalized spacial score (nSPS) is 12.3. The zero-order chi connectivity index (χ0) is 21.6. The van der Waals surface area contributed by atoms with E-state index < -0.39 is 35.3 Å². The van der Waals surface area contributed by atoms with Gasteiger partial charge in [-0.05, 0) is 30.7 Å². The molecule has 2 aromatic carbocycles. The predicted molar refractivity (Wildman–Crippen MR) is 94.0 cm³/mol. The molecule has 3 rings (SSSR count). The minimum absolute atomic E-state index is 0.116. The van der Waals surface area contributed by atoms with E-state index in [1.165, 1.54) is 30.3 Å². The minimum Gasteiger partial charge on any atom is -0.403 e. The molecular formula is C19H10ClF6NO2. The number of rotatable bonds is 3. The van der Waals surface area contributed by atoms with Gasteiger partial charge in [-0.2, -0.15) is 13.2 Å². The average Bonchev–Trinajstić information content (AvgIpc) is 2.58. The summed E-state index contributed by atoms with van der Waals surface area (Å²) in [5, 5.41) is 0.0467. The molecule has 152 valence electrons. The van der Waals surface area contributed by atoms with Gasteiger partial charge in [0.1, 0.15) is 5.52 Å². The highest BCUT2D eigenvalue weighted by molar-refractivity contribution is 6.31. The number of aromatic nitrogens is 1. The van der Waals surface area contributed by atoms with E-state index in [0.29, 0.717) is 0 Å². The van der Waals surface area contributed by atoms with Crippen LogP contribution in [0.5, 0.6) is 5.75 Å². The maximum Gasteiger partial charge on any atom is 0.573 e. The van der Waals surface area contributed by atoms with E-state index in [4.69, 9.17) is 11.6 Å². The summed E-state index contributed by atoms with van der Waals surface area (Å²) in [5.74, 6) is -2.87. The molecule has 0 bridgehead atoms. The number of Topliss-reactive ketones (excluding diaryl/α,β-unsaturated/α-hetero) is 1. The van der Waals surface area contributed by atoms with Gasteiger partial charge in [-0.15, -0.1) is 13.2 Å². The van der Waals surface area contributed by atoms with Crippen molar-refractivity contribution >= 4 is 28.3 Å². The van der Waals surface area contributed by atoms with Gasteiger partial charge in [0.15, 0.2) is 5.75 Å². The van der Waals surface area contributed by atoms with Crippen molar-refractivity contribution in [2.45, 2.75) is 19.5 Å². The van der Waals surface area contributed by atoms with Gasteiger partial charge in [-0.25, -0.2) is 4.98 Å². The van der Waals surface area contributed by atoms with Gasteiger partial charge in [-0.1, -0.05) is 35.9 Å². The van der Waals surface area contributed by atoms with Crippen molar-refractivity contribution in [3.63, 3.8) is 0 Å². The van der Waals surface area contributed by atoms with Gasteiger partial charge >= 0.3 is 12.5 Å². The first-order valence-electron chi connectivity index (χ1n) is 7.95. The van der Waals surface area contributed by atoms with Crippen molar-refractivity contribution in [2.75, 3.05) is 0 Å². The van der Waals surface area contributed by atoms with E-state index in [1.54, 1.807) is 0 Å². The van der Waals surface area contributed by atoms with Gasteiger partial charge in [0.2, 0.25) is 0 Å². The van der Waals surface area contributed by atoms with Gasteiger partial charge < -0.3 is 4.74 Å². The molecule has 0 atom stereocenters. The Labute approximate surface area is 164 Å². The number of fused-ring (bicyclic) bond motifs is 1. The maximum atomic E-state index is 13.2. The summed E-state index contributed by atoms with van der Waals surface area (Å²) >= 11 is 5.93. The maximum absolute atomic E-state index is 13.2. The fourth-order valence-electron chi connectivity index (χ4n) is 2.95. The second kappa shape index (κ2) is 7.22. The number of pyridine rings is 1. The first kappa shape index (κ1) is 20.9. The van der Waals surface area contributed by atoms with Crippen molar-refractivity contribution in [1.82, 2.24) is 4.98 Å². The number of ketones is 1. The lowest BCUT2D eigenvalue weighted by Crippen LogP contribution is -2.25. The molecular weight excluding hydrogens is 424 g/mol. The molecule has 0 amide bonds. The van der Waals surface area contributed by atoms with Crippen LogP contribution in [0.15, 0.2) is 42.5 Å². The molecule has 3 nitrogen and oxygen atoms in total. The lowest BCUT2D eigenvalue weighted by Gasteiger charge is -2.18. The molecule has 1 aromatic heterocycles. The lowest BCUT2D eigenvalue weighted by atomic mass is 9.91. The predicted octanol–water partition coefficient (Wildman–Crippen LogP) is 6.51. The van der Waals surface area contributed by atoms with Crippen LogP contribution in [0.3, 0.4) is 0 Å².